The number of rotatable bonds is 8. The van der Waals surface area contributed by atoms with Crippen molar-refractivity contribution in [3.8, 4) is 61.3 Å². The van der Waals surface area contributed by atoms with Gasteiger partial charge in [0.05, 0.1) is 16.7 Å². The Labute approximate surface area is 381 Å². The van der Waals surface area contributed by atoms with Crippen LogP contribution >= 0.6 is 0 Å². The molecule has 1 aromatic heterocycles. The van der Waals surface area contributed by atoms with Crippen LogP contribution in [-0.2, 0) is 5.41 Å². The highest BCUT2D eigenvalue weighted by atomic mass is 15.1. The number of anilines is 3. The highest BCUT2D eigenvalue weighted by Crippen LogP contribution is 2.51. The van der Waals surface area contributed by atoms with Crippen LogP contribution in [0.3, 0.4) is 0 Å². The molecule has 1 aliphatic carbocycles. The zero-order valence-electron chi connectivity index (χ0n) is 36.5. The largest absolute Gasteiger partial charge is 0.310 e. The monoisotopic (exact) mass is 830 g/mol. The van der Waals surface area contributed by atoms with Crippen molar-refractivity contribution in [2.75, 3.05) is 4.90 Å². The number of para-hydroxylation sites is 2. The third-order valence-corrected chi connectivity index (χ3v) is 13.6. The Balaban J connectivity index is 0.916. The van der Waals surface area contributed by atoms with Crippen molar-refractivity contribution in [1.29, 1.82) is 0 Å². The first-order valence-electron chi connectivity index (χ1n) is 22.6. The number of nitrogens with zero attached hydrogens (tertiary/aromatic N) is 2. The summed E-state index contributed by atoms with van der Waals surface area (Å²) in [7, 11) is 0. The lowest BCUT2D eigenvalue weighted by Crippen LogP contribution is -2.16. The lowest BCUT2D eigenvalue weighted by molar-refractivity contribution is 0.660. The second kappa shape index (κ2) is 15.6. The van der Waals surface area contributed by atoms with Gasteiger partial charge < -0.3 is 9.47 Å². The summed E-state index contributed by atoms with van der Waals surface area (Å²) in [5.41, 5.74) is 21.8. The second-order valence-electron chi connectivity index (χ2n) is 17.7. The average molecular weight is 831 g/mol. The van der Waals surface area contributed by atoms with Crippen LogP contribution in [0.25, 0.3) is 83.1 Å². The molecule has 11 aromatic rings. The standard InChI is InChI=1S/C63H46N2/c1-63(2)58-24-14-12-23-54(58)55-39-36-52(42-59(55)63)64(50-20-10-5-11-21-50)51-34-30-46(31-35-51)45-26-28-47(29-27-45)53-22-13-15-25-60(53)65-61-40-48(43-16-6-3-7-17-43)32-37-56(61)57-38-33-49(41-62(57)65)44-18-8-4-9-19-44/h3-42H,1-2H3. The molecule has 0 atom stereocenters. The van der Waals surface area contributed by atoms with Crippen molar-refractivity contribution in [3.05, 3.63) is 254 Å². The minimum absolute atomic E-state index is 0.0813. The minimum atomic E-state index is -0.0813. The summed E-state index contributed by atoms with van der Waals surface area (Å²) in [6.07, 6.45) is 0. The van der Waals surface area contributed by atoms with E-state index in [-0.39, 0.29) is 5.41 Å². The van der Waals surface area contributed by atoms with E-state index >= 15 is 0 Å². The fourth-order valence-electron chi connectivity index (χ4n) is 10.3. The molecule has 1 aliphatic rings. The first kappa shape index (κ1) is 38.5. The third-order valence-electron chi connectivity index (χ3n) is 13.6. The Kier molecular flexibility index (Phi) is 9.21. The topological polar surface area (TPSA) is 8.17 Å². The van der Waals surface area contributed by atoms with E-state index in [4.69, 9.17) is 0 Å². The van der Waals surface area contributed by atoms with Crippen LogP contribution in [0.2, 0.25) is 0 Å². The predicted octanol–water partition coefficient (Wildman–Crippen LogP) is 17.2. The highest BCUT2D eigenvalue weighted by Gasteiger charge is 2.35. The molecular formula is C63H46N2. The molecular weight excluding hydrogens is 785 g/mol. The molecule has 0 aliphatic heterocycles. The summed E-state index contributed by atoms with van der Waals surface area (Å²) in [6, 6.07) is 88.7. The summed E-state index contributed by atoms with van der Waals surface area (Å²) in [6.45, 7) is 4.70. The van der Waals surface area contributed by atoms with Crippen LogP contribution in [0.5, 0.6) is 0 Å². The number of aromatic nitrogens is 1. The van der Waals surface area contributed by atoms with Crippen molar-refractivity contribution in [2.45, 2.75) is 19.3 Å². The molecule has 308 valence electrons. The van der Waals surface area contributed by atoms with E-state index in [1.54, 1.807) is 0 Å². The van der Waals surface area contributed by atoms with Gasteiger partial charge in [-0.3, -0.25) is 0 Å². The fraction of sp³-hybridized carbons (Fsp3) is 0.0476. The molecule has 12 rings (SSSR count). The molecule has 0 unspecified atom stereocenters. The molecule has 0 saturated heterocycles. The summed E-state index contributed by atoms with van der Waals surface area (Å²) >= 11 is 0. The van der Waals surface area contributed by atoms with Crippen LogP contribution < -0.4 is 4.90 Å². The first-order valence-corrected chi connectivity index (χ1v) is 22.6. The van der Waals surface area contributed by atoms with Crippen LogP contribution in [-0.4, -0.2) is 4.57 Å². The lowest BCUT2D eigenvalue weighted by atomic mass is 9.82. The van der Waals surface area contributed by atoms with E-state index in [2.05, 4.69) is 266 Å². The van der Waals surface area contributed by atoms with Crippen molar-refractivity contribution in [3.63, 3.8) is 0 Å². The molecule has 0 fully saturated rings. The molecule has 0 radical (unpaired) electrons. The van der Waals surface area contributed by atoms with Gasteiger partial charge in [-0.2, -0.15) is 0 Å². The SMILES string of the molecule is CC1(C)c2ccccc2-c2ccc(N(c3ccccc3)c3ccc(-c4ccc(-c5ccccc5-n5c6cc(-c7ccccc7)ccc6c6ccc(-c7ccccc7)cc65)cc4)cc3)cc21. The van der Waals surface area contributed by atoms with Gasteiger partial charge >= 0.3 is 0 Å². The Morgan fingerprint density at radius 3 is 1.35 bits per heavy atom. The van der Waals surface area contributed by atoms with Crippen LogP contribution in [0.4, 0.5) is 17.1 Å². The molecule has 0 spiro atoms. The van der Waals surface area contributed by atoms with Crippen LogP contribution in [0.1, 0.15) is 25.0 Å². The predicted molar refractivity (Wildman–Crippen MR) is 275 cm³/mol. The molecule has 0 saturated carbocycles. The van der Waals surface area contributed by atoms with Crippen molar-refractivity contribution < 1.29 is 0 Å². The molecule has 0 bridgehead atoms. The maximum Gasteiger partial charge on any atom is 0.0547 e. The molecule has 10 aromatic carbocycles. The van der Waals surface area contributed by atoms with Crippen molar-refractivity contribution >= 4 is 38.9 Å². The summed E-state index contributed by atoms with van der Waals surface area (Å²) < 4.78 is 2.48. The summed E-state index contributed by atoms with van der Waals surface area (Å²) in [5.74, 6) is 0. The van der Waals surface area contributed by atoms with E-state index in [0.29, 0.717) is 0 Å². The maximum atomic E-state index is 2.48. The van der Waals surface area contributed by atoms with Gasteiger partial charge in [-0.05, 0) is 116 Å². The van der Waals surface area contributed by atoms with Gasteiger partial charge in [0, 0.05) is 38.8 Å². The Morgan fingerprint density at radius 2 is 0.738 bits per heavy atom. The molecule has 0 N–H and O–H groups in total. The quantitative estimate of drug-likeness (QED) is 0.148. The second-order valence-corrected chi connectivity index (χ2v) is 17.7. The Bertz CT molecular complexity index is 3430. The van der Waals surface area contributed by atoms with E-state index in [0.717, 1.165) is 22.7 Å². The zero-order valence-corrected chi connectivity index (χ0v) is 36.5. The highest BCUT2D eigenvalue weighted by molar-refractivity contribution is 6.11. The maximum absolute atomic E-state index is 2.48. The molecule has 2 nitrogen and oxygen atoms in total. The smallest absolute Gasteiger partial charge is 0.0547 e. The zero-order chi connectivity index (χ0) is 43.5. The number of hydrogen-bond donors (Lipinski definition) is 0. The van der Waals surface area contributed by atoms with Crippen LogP contribution in [0, 0.1) is 0 Å². The molecule has 0 amide bonds. The van der Waals surface area contributed by atoms with Gasteiger partial charge in [-0.25, -0.2) is 0 Å². The fourth-order valence-corrected chi connectivity index (χ4v) is 10.3. The van der Waals surface area contributed by atoms with E-state index in [9.17, 15) is 0 Å². The van der Waals surface area contributed by atoms with Crippen LogP contribution in [0.15, 0.2) is 243 Å². The van der Waals surface area contributed by atoms with Gasteiger partial charge in [0.15, 0.2) is 0 Å². The molecule has 1 heterocycles. The normalized spacial score (nSPS) is 12.6. The van der Waals surface area contributed by atoms with Gasteiger partial charge in [-0.1, -0.05) is 202 Å². The number of benzene rings is 10. The van der Waals surface area contributed by atoms with E-state index in [1.165, 1.54) is 88.6 Å². The van der Waals surface area contributed by atoms with Crippen molar-refractivity contribution in [2.24, 2.45) is 0 Å². The Hall–Kier alpha value is -8.20. The number of hydrogen-bond acceptors (Lipinski definition) is 1. The molecule has 65 heavy (non-hydrogen) atoms. The van der Waals surface area contributed by atoms with Crippen molar-refractivity contribution in [1.82, 2.24) is 4.57 Å². The minimum Gasteiger partial charge on any atom is -0.310 e. The Morgan fingerprint density at radius 1 is 0.308 bits per heavy atom. The summed E-state index contributed by atoms with van der Waals surface area (Å²) in [5, 5.41) is 2.48. The van der Waals surface area contributed by atoms with Gasteiger partial charge in [0.2, 0.25) is 0 Å². The van der Waals surface area contributed by atoms with Gasteiger partial charge in [0.1, 0.15) is 0 Å². The van der Waals surface area contributed by atoms with E-state index < -0.39 is 0 Å². The third kappa shape index (κ3) is 6.57. The van der Waals surface area contributed by atoms with Gasteiger partial charge in [-0.15, -0.1) is 0 Å². The average Bonchev–Trinajstić information content (AvgIpc) is 3.82. The summed E-state index contributed by atoms with van der Waals surface area (Å²) in [4.78, 5) is 2.38. The number of fused-ring (bicyclic) bond motifs is 6. The molecule has 2 heteroatoms. The lowest BCUT2D eigenvalue weighted by Gasteiger charge is -2.28. The van der Waals surface area contributed by atoms with E-state index in [1.807, 2.05) is 0 Å². The van der Waals surface area contributed by atoms with Gasteiger partial charge in [0.25, 0.3) is 0 Å². The first-order chi connectivity index (χ1) is 32.0.